The zero-order valence-corrected chi connectivity index (χ0v) is 11.8. The molecular weight excluding hydrogens is 256 g/mol. The number of hydrogen-bond donors (Lipinski definition) is 1. The van der Waals surface area contributed by atoms with Crippen LogP contribution in [0.4, 0.5) is 5.82 Å². The van der Waals surface area contributed by atoms with Gasteiger partial charge in [-0.15, -0.1) is 0 Å². The van der Waals surface area contributed by atoms with Gasteiger partial charge in [0.2, 0.25) is 5.75 Å². The van der Waals surface area contributed by atoms with Gasteiger partial charge in [-0.25, -0.2) is 4.98 Å². The standard InChI is InChI=1S/C15H18N2O3/c1-16-14-9-4-6-11(17-14)10-20-15-12(18-2)7-5-8-13(15)19-3/h4-9H,10H2,1-3H3,(H,16,17). The number of nitrogens with one attached hydrogen (secondary N) is 1. The second-order valence-electron chi connectivity index (χ2n) is 4.04. The molecule has 2 aromatic rings. The first-order valence-electron chi connectivity index (χ1n) is 6.26. The summed E-state index contributed by atoms with van der Waals surface area (Å²) in [4.78, 5) is 4.40. The molecule has 0 fully saturated rings. The van der Waals surface area contributed by atoms with Gasteiger partial charge in [-0.1, -0.05) is 12.1 Å². The summed E-state index contributed by atoms with van der Waals surface area (Å²) in [6.07, 6.45) is 0. The highest BCUT2D eigenvalue weighted by molar-refractivity contribution is 5.51. The van der Waals surface area contributed by atoms with Crippen LogP contribution >= 0.6 is 0 Å². The van der Waals surface area contributed by atoms with E-state index in [0.717, 1.165) is 11.5 Å². The van der Waals surface area contributed by atoms with Crippen molar-refractivity contribution in [1.29, 1.82) is 0 Å². The molecule has 0 aliphatic carbocycles. The predicted octanol–water partition coefficient (Wildman–Crippen LogP) is 2.72. The molecule has 106 valence electrons. The van der Waals surface area contributed by atoms with Crippen molar-refractivity contribution < 1.29 is 14.2 Å². The molecule has 5 heteroatoms. The van der Waals surface area contributed by atoms with Crippen LogP contribution in [0.15, 0.2) is 36.4 Å². The molecule has 0 atom stereocenters. The fourth-order valence-electron chi connectivity index (χ4n) is 1.80. The first-order chi connectivity index (χ1) is 9.78. The quantitative estimate of drug-likeness (QED) is 0.877. The van der Waals surface area contributed by atoms with Crippen molar-refractivity contribution in [3.05, 3.63) is 42.1 Å². The molecule has 1 N–H and O–H groups in total. The minimum Gasteiger partial charge on any atom is -0.493 e. The highest BCUT2D eigenvalue weighted by atomic mass is 16.5. The topological polar surface area (TPSA) is 52.6 Å². The van der Waals surface area contributed by atoms with Crippen molar-refractivity contribution in [2.24, 2.45) is 0 Å². The molecule has 20 heavy (non-hydrogen) atoms. The van der Waals surface area contributed by atoms with Gasteiger partial charge >= 0.3 is 0 Å². The molecule has 0 aliphatic heterocycles. The van der Waals surface area contributed by atoms with Crippen LogP contribution in [0.1, 0.15) is 5.69 Å². The summed E-state index contributed by atoms with van der Waals surface area (Å²) in [7, 11) is 5.03. The van der Waals surface area contributed by atoms with Crippen LogP contribution in [0.5, 0.6) is 17.2 Å². The van der Waals surface area contributed by atoms with E-state index in [1.165, 1.54) is 0 Å². The summed E-state index contributed by atoms with van der Waals surface area (Å²) in [6, 6.07) is 11.2. The fourth-order valence-corrected chi connectivity index (χ4v) is 1.80. The van der Waals surface area contributed by atoms with Gasteiger partial charge in [0.05, 0.1) is 19.9 Å². The molecule has 0 saturated heterocycles. The number of hydrogen-bond acceptors (Lipinski definition) is 5. The molecule has 2 rings (SSSR count). The molecular formula is C15H18N2O3. The molecule has 1 heterocycles. The third-order valence-electron chi connectivity index (χ3n) is 2.81. The molecule has 0 amide bonds. The largest absolute Gasteiger partial charge is 0.493 e. The van der Waals surface area contributed by atoms with Crippen LogP contribution < -0.4 is 19.5 Å². The number of methoxy groups -OCH3 is 2. The normalized spacial score (nSPS) is 9.95. The van der Waals surface area contributed by atoms with Crippen LogP contribution in [-0.4, -0.2) is 26.3 Å². The Morgan fingerprint density at radius 1 is 1.00 bits per heavy atom. The molecule has 0 spiro atoms. The van der Waals surface area contributed by atoms with E-state index >= 15 is 0 Å². The van der Waals surface area contributed by atoms with E-state index in [1.54, 1.807) is 14.2 Å². The molecule has 1 aromatic carbocycles. The SMILES string of the molecule is CNc1cccc(COc2c(OC)cccc2OC)n1. The van der Waals surface area contributed by atoms with Crippen LogP contribution in [-0.2, 0) is 6.61 Å². The highest BCUT2D eigenvalue weighted by Crippen LogP contribution is 2.37. The maximum absolute atomic E-state index is 5.80. The summed E-state index contributed by atoms with van der Waals surface area (Å²) in [5.74, 6) is 2.65. The number of aromatic nitrogens is 1. The van der Waals surface area contributed by atoms with Gasteiger partial charge in [-0.05, 0) is 24.3 Å². The second-order valence-corrected chi connectivity index (χ2v) is 4.04. The predicted molar refractivity (Wildman–Crippen MR) is 77.7 cm³/mol. The van der Waals surface area contributed by atoms with E-state index in [2.05, 4.69) is 10.3 Å². The Morgan fingerprint density at radius 2 is 1.65 bits per heavy atom. The highest BCUT2D eigenvalue weighted by Gasteiger charge is 2.11. The van der Waals surface area contributed by atoms with Gasteiger partial charge in [-0.3, -0.25) is 0 Å². The molecule has 0 aliphatic rings. The number of para-hydroxylation sites is 1. The van der Waals surface area contributed by atoms with Crippen molar-refractivity contribution in [3.63, 3.8) is 0 Å². The average Bonchev–Trinajstić information content (AvgIpc) is 2.52. The van der Waals surface area contributed by atoms with E-state index in [-0.39, 0.29) is 0 Å². The van der Waals surface area contributed by atoms with Crippen LogP contribution in [0.3, 0.4) is 0 Å². The minimum atomic E-state index is 0.340. The fraction of sp³-hybridized carbons (Fsp3) is 0.267. The summed E-state index contributed by atoms with van der Waals surface area (Å²) in [5.41, 5.74) is 0.824. The summed E-state index contributed by atoms with van der Waals surface area (Å²) in [6.45, 7) is 0.340. The lowest BCUT2D eigenvalue weighted by atomic mass is 10.3. The van der Waals surface area contributed by atoms with Gasteiger partial charge in [-0.2, -0.15) is 0 Å². The van der Waals surface area contributed by atoms with Gasteiger partial charge in [0.1, 0.15) is 12.4 Å². The Morgan fingerprint density at radius 3 is 2.25 bits per heavy atom. The van der Waals surface area contributed by atoms with Crippen molar-refractivity contribution in [2.45, 2.75) is 6.61 Å². The Hall–Kier alpha value is -2.43. The number of anilines is 1. The van der Waals surface area contributed by atoms with Gasteiger partial charge < -0.3 is 19.5 Å². The van der Waals surface area contributed by atoms with Gasteiger partial charge in [0, 0.05) is 7.05 Å². The maximum Gasteiger partial charge on any atom is 0.203 e. The lowest BCUT2D eigenvalue weighted by molar-refractivity contribution is 0.263. The van der Waals surface area contributed by atoms with E-state index in [1.807, 2.05) is 43.4 Å². The summed E-state index contributed by atoms with van der Waals surface area (Å²) in [5, 5.41) is 2.99. The van der Waals surface area contributed by atoms with Crippen LogP contribution in [0.25, 0.3) is 0 Å². The van der Waals surface area contributed by atoms with Crippen molar-refractivity contribution in [2.75, 3.05) is 26.6 Å². The minimum absolute atomic E-state index is 0.340. The number of rotatable bonds is 6. The Balaban J connectivity index is 2.17. The number of nitrogens with zero attached hydrogens (tertiary/aromatic N) is 1. The monoisotopic (exact) mass is 274 g/mol. The molecule has 1 aromatic heterocycles. The Bertz CT molecular complexity index is 551. The summed E-state index contributed by atoms with van der Waals surface area (Å²) >= 11 is 0. The molecule has 0 unspecified atom stereocenters. The van der Waals surface area contributed by atoms with Gasteiger partial charge in [0.15, 0.2) is 11.5 Å². The number of ether oxygens (including phenoxy) is 3. The zero-order valence-electron chi connectivity index (χ0n) is 11.8. The van der Waals surface area contributed by atoms with E-state index in [4.69, 9.17) is 14.2 Å². The first-order valence-corrected chi connectivity index (χ1v) is 6.26. The Kier molecular flexibility index (Phi) is 4.65. The number of pyridine rings is 1. The summed E-state index contributed by atoms with van der Waals surface area (Å²) < 4.78 is 16.4. The van der Waals surface area contributed by atoms with E-state index in [0.29, 0.717) is 23.9 Å². The van der Waals surface area contributed by atoms with Crippen LogP contribution in [0.2, 0.25) is 0 Å². The smallest absolute Gasteiger partial charge is 0.203 e. The van der Waals surface area contributed by atoms with Crippen molar-refractivity contribution in [1.82, 2.24) is 4.98 Å². The molecule has 5 nitrogen and oxygen atoms in total. The lowest BCUT2D eigenvalue weighted by Gasteiger charge is -2.14. The Labute approximate surface area is 118 Å². The number of benzene rings is 1. The van der Waals surface area contributed by atoms with Crippen molar-refractivity contribution in [3.8, 4) is 17.2 Å². The van der Waals surface area contributed by atoms with E-state index in [9.17, 15) is 0 Å². The average molecular weight is 274 g/mol. The molecule has 0 saturated carbocycles. The maximum atomic E-state index is 5.80. The molecule has 0 bridgehead atoms. The third-order valence-corrected chi connectivity index (χ3v) is 2.81. The lowest BCUT2D eigenvalue weighted by Crippen LogP contribution is -2.03. The molecule has 0 radical (unpaired) electrons. The second kappa shape index (κ2) is 6.65. The van der Waals surface area contributed by atoms with Crippen LogP contribution in [0, 0.1) is 0 Å². The van der Waals surface area contributed by atoms with E-state index < -0.39 is 0 Å². The van der Waals surface area contributed by atoms with Gasteiger partial charge in [0.25, 0.3) is 0 Å². The van der Waals surface area contributed by atoms with Crippen molar-refractivity contribution >= 4 is 5.82 Å². The first kappa shape index (κ1) is 14.0. The zero-order chi connectivity index (χ0) is 14.4. The third kappa shape index (κ3) is 3.12.